The Kier molecular flexibility index (Phi) is 3.32. The second-order valence-electron chi connectivity index (χ2n) is 3.61. The molecule has 0 aromatic carbocycles. The van der Waals surface area contributed by atoms with Gasteiger partial charge in [0.2, 0.25) is 5.88 Å². The van der Waals surface area contributed by atoms with E-state index in [0.717, 1.165) is 11.1 Å². The van der Waals surface area contributed by atoms with Crippen LogP contribution < -0.4 is 4.74 Å². The summed E-state index contributed by atoms with van der Waals surface area (Å²) in [5.74, 6) is 0.185. The summed E-state index contributed by atoms with van der Waals surface area (Å²) in [5.41, 5.74) is 2.24. The summed E-state index contributed by atoms with van der Waals surface area (Å²) in [4.78, 5) is 8.25. The molecular weight excluding hydrogens is 219 g/mol. The number of hydrogen-bond acceptors (Lipinski definition) is 3. The molecule has 0 bridgehead atoms. The average molecular weight is 232 g/mol. The molecule has 0 saturated heterocycles. The van der Waals surface area contributed by atoms with Crippen molar-refractivity contribution in [3.63, 3.8) is 0 Å². The molecule has 3 nitrogen and oxygen atoms in total. The fourth-order valence-electron chi connectivity index (χ4n) is 1.65. The van der Waals surface area contributed by atoms with Crippen LogP contribution in [0.3, 0.4) is 0 Å². The molecule has 2 aromatic heterocycles. The molecule has 0 unspecified atom stereocenters. The van der Waals surface area contributed by atoms with Gasteiger partial charge in [0.1, 0.15) is 5.82 Å². The predicted molar refractivity (Wildman–Crippen MR) is 63.3 cm³/mol. The number of hydrogen-bond donors (Lipinski definition) is 0. The number of ether oxygens (including phenoxy) is 1. The van der Waals surface area contributed by atoms with Gasteiger partial charge in [-0.25, -0.2) is 9.37 Å². The van der Waals surface area contributed by atoms with Gasteiger partial charge >= 0.3 is 0 Å². The minimum atomic E-state index is -0.340. The van der Waals surface area contributed by atoms with Crippen molar-refractivity contribution < 1.29 is 9.13 Å². The number of rotatable bonds is 3. The van der Waals surface area contributed by atoms with E-state index < -0.39 is 0 Å². The molecule has 17 heavy (non-hydrogen) atoms. The maximum atomic E-state index is 13.0. The second kappa shape index (κ2) is 4.91. The molecule has 0 aliphatic heterocycles. The molecule has 0 radical (unpaired) electrons. The van der Waals surface area contributed by atoms with E-state index in [1.54, 1.807) is 6.20 Å². The fraction of sp³-hybridized carbons (Fsp3) is 0.231. The van der Waals surface area contributed by atoms with Gasteiger partial charge in [0.25, 0.3) is 0 Å². The van der Waals surface area contributed by atoms with Crippen LogP contribution in [0.4, 0.5) is 4.39 Å². The second-order valence-corrected chi connectivity index (χ2v) is 3.61. The minimum Gasteiger partial charge on any atom is -0.477 e. The predicted octanol–water partition coefficient (Wildman–Crippen LogP) is 2.99. The monoisotopic (exact) mass is 232 g/mol. The number of halogens is 1. The van der Waals surface area contributed by atoms with Gasteiger partial charge in [-0.15, -0.1) is 0 Å². The van der Waals surface area contributed by atoms with Crippen molar-refractivity contribution in [2.45, 2.75) is 13.8 Å². The van der Waals surface area contributed by atoms with Gasteiger partial charge in [0.15, 0.2) is 0 Å². The molecule has 0 aliphatic carbocycles. The van der Waals surface area contributed by atoms with Crippen molar-refractivity contribution in [3.05, 3.63) is 42.0 Å². The van der Waals surface area contributed by atoms with E-state index in [9.17, 15) is 4.39 Å². The third kappa shape index (κ3) is 2.41. The van der Waals surface area contributed by atoms with Gasteiger partial charge in [-0.1, -0.05) is 0 Å². The molecule has 0 atom stereocenters. The number of aromatic nitrogens is 2. The molecule has 0 saturated carbocycles. The Labute approximate surface area is 99.3 Å². The normalized spacial score (nSPS) is 10.3. The van der Waals surface area contributed by atoms with Gasteiger partial charge in [0.05, 0.1) is 24.1 Å². The Hall–Kier alpha value is -1.97. The van der Waals surface area contributed by atoms with Crippen LogP contribution in [0.15, 0.2) is 30.6 Å². The first-order chi connectivity index (χ1) is 8.22. The Morgan fingerprint density at radius 2 is 2.18 bits per heavy atom. The van der Waals surface area contributed by atoms with E-state index in [1.165, 1.54) is 12.3 Å². The zero-order valence-electron chi connectivity index (χ0n) is 9.77. The molecule has 0 N–H and O–H groups in total. The molecule has 0 spiro atoms. The summed E-state index contributed by atoms with van der Waals surface area (Å²) in [5, 5.41) is 0. The Bertz CT molecular complexity index is 529. The first-order valence-electron chi connectivity index (χ1n) is 5.42. The van der Waals surface area contributed by atoms with Crippen molar-refractivity contribution in [3.8, 4) is 17.1 Å². The average Bonchev–Trinajstić information content (AvgIpc) is 2.31. The highest BCUT2D eigenvalue weighted by molar-refractivity contribution is 5.67. The maximum Gasteiger partial charge on any atom is 0.222 e. The standard InChI is InChI=1S/C13H13FN2O/c1-3-17-13-11(5-4-6-15-13)12-9(2)7-10(14)8-16-12/h4-8H,3H2,1-2H3. The molecule has 2 heterocycles. The summed E-state index contributed by atoms with van der Waals surface area (Å²) < 4.78 is 18.4. The third-order valence-electron chi connectivity index (χ3n) is 2.35. The molecular formula is C13H13FN2O. The first-order valence-corrected chi connectivity index (χ1v) is 5.42. The number of pyridine rings is 2. The highest BCUT2D eigenvalue weighted by atomic mass is 19.1. The lowest BCUT2D eigenvalue weighted by Gasteiger charge is -2.09. The fourth-order valence-corrected chi connectivity index (χ4v) is 1.65. The van der Waals surface area contributed by atoms with E-state index in [0.29, 0.717) is 18.2 Å². The first kappa shape index (κ1) is 11.5. The van der Waals surface area contributed by atoms with Crippen LogP contribution in [0, 0.1) is 12.7 Å². The van der Waals surface area contributed by atoms with Crippen molar-refractivity contribution in [2.24, 2.45) is 0 Å². The van der Waals surface area contributed by atoms with Crippen LogP contribution in [0.25, 0.3) is 11.3 Å². The smallest absolute Gasteiger partial charge is 0.222 e. The van der Waals surface area contributed by atoms with E-state index in [4.69, 9.17) is 4.74 Å². The van der Waals surface area contributed by atoms with Crippen molar-refractivity contribution in [2.75, 3.05) is 6.61 Å². The zero-order chi connectivity index (χ0) is 12.3. The largest absolute Gasteiger partial charge is 0.477 e. The van der Waals surface area contributed by atoms with E-state index in [-0.39, 0.29) is 5.82 Å². The highest BCUT2D eigenvalue weighted by Crippen LogP contribution is 2.28. The Balaban J connectivity index is 2.52. The lowest BCUT2D eigenvalue weighted by Crippen LogP contribution is -1.98. The number of nitrogens with zero attached hydrogens (tertiary/aromatic N) is 2. The summed E-state index contributed by atoms with van der Waals surface area (Å²) in [6.07, 6.45) is 2.86. The van der Waals surface area contributed by atoms with Gasteiger partial charge in [0, 0.05) is 6.20 Å². The van der Waals surface area contributed by atoms with Crippen LogP contribution in [0.2, 0.25) is 0 Å². The number of aryl methyl sites for hydroxylation is 1. The van der Waals surface area contributed by atoms with Crippen LogP contribution in [-0.4, -0.2) is 16.6 Å². The highest BCUT2D eigenvalue weighted by Gasteiger charge is 2.11. The Morgan fingerprint density at radius 3 is 2.88 bits per heavy atom. The van der Waals surface area contributed by atoms with Crippen molar-refractivity contribution in [1.29, 1.82) is 0 Å². The minimum absolute atomic E-state index is 0.340. The van der Waals surface area contributed by atoms with E-state index >= 15 is 0 Å². The van der Waals surface area contributed by atoms with Gasteiger partial charge in [-0.2, -0.15) is 0 Å². The zero-order valence-corrected chi connectivity index (χ0v) is 9.77. The van der Waals surface area contributed by atoms with E-state index in [1.807, 2.05) is 26.0 Å². The van der Waals surface area contributed by atoms with Crippen LogP contribution in [0.5, 0.6) is 5.88 Å². The summed E-state index contributed by atoms with van der Waals surface area (Å²) in [6.45, 7) is 4.24. The molecule has 0 aliphatic rings. The lowest BCUT2D eigenvalue weighted by molar-refractivity contribution is 0.328. The summed E-state index contributed by atoms with van der Waals surface area (Å²) >= 11 is 0. The van der Waals surface area contributed by atoms with Gasteiger partial charge in [-0.05, 0) is 37.6 Å². The molecule has 2 aromatic rings. The summed E-state index contributed by atoms with van der Waals surface area (Å²) in [6, 6.07) is 5.12. The quantitative estimate of drug-likeness (QED) is 0.816. The van der Waals surface area contributed by atoms with Crippen molar-refractivity contribution in [1.82, 2.24) is 9.97 Å². The van der Waals surface area contributed by atoms with Crippen LogP contribution in [0.1, 0.15) is 12.5 Å². The SMILES string of the molecule is CCOc1ncccc1-c1ncc(F)cc1C. The summed E-state index contributed by atoms with van der Waals surface area (Å²) in [7, 11) is 0. The topological polar surface area (TPSA) is 35.0 Å². The molecule has 2 rings (SSSR count). The molecule has 0 amide bonds. The van der Waals surface area contributed by atoms with Crippen LogP contribution >= 0.6 is 0 Å². The lowest BCUT2D eigenvalue weighted by atomic mass is 10.1. The van der Waals surface area contributed by atoms with E-state index in [2.05, 4.69) is 9.97 Å². The molecule has 88 valence electrons. The van der Waals surface area contributed by atoms with Gasteiger partial charge < -0.3 is 4.74 Å². The van der Waals surface area contributed by atoms with Gasteiger partial charge in [-0.3, -0.25) is 4.98 Å². The molecule has 4 heteroatoms. The molecule has 0 fully saturated rings. The Morgan fingerprint density at radius 1 is 1.35 bits per heavy atom. The maximum absolute atomic E-state index is 13.0. The van der Waals surface area contributed by atoms with Crippen molar-refractivity contribution >= 4 is 0 Å². The third-order valence-corrected chi connectivity index (χ3v) is 2.35. The van der Waals surface area contributed by atoms with Crippen LogP contribution in [-0.2, 0) is 0 Å².